The van der Waals surface area contributed by atoms with E-state index < -0.39 is 6.04 Å². The maximum atomic E-state index is 11.8. The Bertz CT molecular complexity index is 433. The number of carbonyl (C=O) groups excluding carboxylic acids is 1. The molecule has 3 N–H and O–H groups in total. The van der Waals surface area contributed by atoms with E-state index in [1.807, 2.05) is 39.2 Å². The maximum absolute atomic E-state index is 11.8. The molecule has 1 aromatic rings. The monoisotopic (exact) mass is 265 g/mol. The van der Waals surface area contributed by atoms with Gasteiger partial charge >= 0.3 is 0 Å². The molecule has 5 heteroatoms. The van der Waals surface area contributed by atoms with Crippen LogP contribution in [0.4, 0.5) is 5.69 Å². The highest BCUT2D eigenvalue weighted by Crippen LogP contribution is 2.26. The van der Waals surface area contributed by atoms with Crippen molar-refractivity contribution in [1.29, 1.82) is 0 Å². The highest BCUT2D eigenvalue weighted by Gasteiger charge is 2.14. The predicted molar refractivity (Wildman–Crippen MR) is 77.3 cm³/mol. The molecule has 0 aliphatic heterocycles. The van der Waals surface area contributed by atoms with Gasteiger partial charge in [0.1, 0.15) is 5.75 Å². The van der Waals surface area contributed by atoms with Crippen molar-refractivity contribution in [2.75, 3.05) is 26.5 Å². The minimum Gasteiger partial charge on any atom is -0.495 e. The van der Waals surface area contributed by atoms with Crippen LogP contribution in [0, 0.1) is 0 Å². The zero-order valence-corrected chi connectivity index (χ0v) is 12.1. The molecule has 0 bridgehead atoms. The number of benzene rings is 1. The van der Waals surface area contributed by atoms with E-state index in [9.17, 15) is 4.79 Å². The second-order valence-electron chi connectivity index (χ2n) is 4.78. The van der Waals surface area contributed by atoms with Crippen LogP contribution in [0.1, 0.15) is 18.9 Å². The van der Waals surface area contributed by atoms with Crippen LogP contribution >= 0.6 is 0 Å². The summed E-state index contributed by atoms with van der Waals surface area (Å²) in [6.45, 7) is 2.68. The van der Waals surface area contributed by atoms with Gasteiger partial charge in [-0.25, -0.2) is 0 Å². The summed E-state index contributed by atoms with van der Waals surface area (Å²) in [7, 11) is 5.57. The standard InChI is InChI=1S/C14H23N3O2/c1-5-11(15)14(18)16-12-8-10(9-17(2)3)6-7-13(12)19-4/h6-8,11H,5,9,15H2,1-4H3,(H,16,18). The van der Waals surface area contributed by atoms with Gasteiger partial charge in [-0.2, -0.15) is 0 Å². The summed E-state index contributed by atoms with van der Waals surface area (Å²) >= 11 is 0. The van der Waals surface area contributed by atoms with Gasteiger partial charge in [-0.1, -0.05) is 13.0 Å². The number of nitrogens with two attached hydrogens (primary N) is 1. The van der Waals surface area contributed by atoms with Gasteiger partial charge in [-0.3, -0.25) is 4.79 Å². The van der Waals surface area contributed by atoms with E-state index in [1.165, 1.54) is 0 Å². The first-order valence-electron chi connectivity index (χ1n) is 6.36. The van der Waals surface area contributed by atoms with Crippen molar-refractivity contribution in [3.63, 3.8) is 0 Å². The maximum Gasteiger partial charge on any atom is 0.241 e. The minimum atomic E-state index is -0.498. The molecule has 0 fully saturated rings. The Labute approximate surface area is 114 Å². The lowest BCUT2D eigenvalue weighted by molar-refractivity contribution is -0.117. The lowest BCUT2D eigenvalue weighted by Crippen LogP contribution is -2.34. The summed E-state index contributed by atoms with van der Waals surface area (Å²) in [4.78, 5) is 13.9. The molecule has 0 spiro atoms. The number of hydrogen-bond donors (Lipinski definition) is 2. The Morgan fingerprint density at radius 2 is 2.16 bits per heavy atom. The van der Waals surface area contributed by atoms with Crippen molar-refractivity contribution in [3.8, 4) is 5.75 Å². The summed E-state index contributed by atoms with van der Waals surface area (Å²) in [6.07, 6.45) is 0.603. The quantitative estimate of drug-likeness (QED) is 0.816. The SMILES string of the molecule is CCC(N)C(=O)Nc1cc(CN(C)C)ccc1OC. The fourth-order valence-corrected chi connectivity index (χ4v) is 1.73. The zero-order valence-electron chi connectivity index (χ0n) is 12.1. The van der Waals surface area contributed by atoms with Crippen molar-refractivity contribution >= 4 is 11.6 Å². The molecule has 1 atom stereocenters. The number of anilines is 1. The van der Waals surface area contributed by atoms with Gasteiger partial charge in [0, 0.05) is 6.54 Å². The smallest absolute Gasteiger partial charge is 0.241 e. The number of methoxy groups -OCH3 is 1. The molecule has 0 saturated heterocycles. The average molecular weight is 265 g/mol. The van der Waals surface area contributed by atoms with Crippen LogP contribution in [0.2, 0.25) is 0 Å². The third-order valence-electron chi connectivity index (χ3n) is 2.80. The Morgan fingerprint density at radius 3 is 2.68 bits per heavy atom. The van der Waals surface area contributed by atoms with Gasteiger partial charge < -0.3 is 20.7 Å². The molecule has 1 unspecified atom stereocenters. The fraction of sp³-hybridized carbons (Fsp3) is 0.500. The number of amides is 1. The highest BCUT2D eigenvalue weighted by atomic mass is 16.5. The highest BCUT2D eigenvalue weighted by molar-refractivity contribution is 5.96. The van der Waals surface area contributed by atoms with Crippen molar-refractivity contribution in [3.05, 3.63) is 23.8 Å². The lowest BCUT2D eigenvalue weighted by Gasteiger charge is -2.16. The topological polar surface area (TPSA) is 67.6 Å². The van der Waals surface area contributed by atoms with E-state index in [0.717, 1.165) is 12.1 Å². The molecule has 0 aliphatic rings. The zero-order chi connectivity index (χ0) is 14.4. The average Bonchev–Trinajstić information content (AvgIpc) is 2.37. The third-order valence-corrected chi connectivity index (χ3v) is 2.80. The molecular weight excluding hydrogens is 242 g/mol. The van der Waals surface area contributed by atoms with E-state index in [2.05, 4.69) is 10.2 Å². The van der Waals surface area contributed by atoms with Gasteiger partial charge in [0.25, 0.3) is 0 Å². The Kier molecular flexibility index (Phi) is 5.79. The number of carbonyl (C=O) groups is 1. The summed E-state index contributed by atoms with van der Waals surface area (Å²) in [6, 6.07) is 5.25. The molecule has 0 aromatic heterocycles. The largest absolute Gasteiger partial charge is 0.495 e. The Balaban J connectivity index is 2.92. The van der Waals surface area contributed by atoms with Crippen LogP contribution in [0.25, 0.3) is 0 Å². The van der Waals surface area contributed by atoms with Crippen LogP contribution in [0.3, 0.4) is 0 Å². The molecule has 1 rings (SSSR count). The molecule has 0 saturated carbocycles. The first kappa shape index (κ1) is 15.5. The summed E-state index contributed by atoms with van der Waals surface area (Å²) in [5, 5.41) is 2.82. The van der Waals surface area contributed by atoms with Crippen LogP contribution in [0.15, 0.2) is 18.2 Å². The third kappa shape index (κ3) is 4.54. The Hall–Kier alpha value is -1.59. The van der Waals surface area contributed by atoms with Crippen molar-refractivity contribution in [2.45, 2.75) is 25.9 Å². The van der Waals surface area contributed by atoms with Gasteiger partial charge in [0.05, 0.1) is 18.8 Å². The first-order chi connectivity index (χ1) is 8.97. The number of nitrogens with zero attached hydrogens (tertiary/aromatic N) is 1. The molecule has 1 aromatic carbocycles. The van der Waals surface area contributed by atoms with Crippen molar-refractivity contribution in [2.24, 2.45) is 5.73 Å². The van der Waals surface area contributed by atoms with Crippen LogP contribution in [-0.2, 0) is 11.3 Å². The number of hydrogen-bond acceptors (Lipinski definition) is 4. The van der Waals surface area contributed by atoms with Crippen molar-refractivity contribution in [1.82, 2.24) is 4.90 Å². The minimum absolute atomic E-state index is 0.192. The molecular formula is C14H23N3O2. The number of rotatable bonds is 6. The summed E-state index contributed by atoms with van der Waals surface area (Å²) in [5.74, 6) is 0.446. The van der Waals surface area contributed by atoms with E-state index in [1.54, 1.807) is 7.11 Å². The van der Waals surface area contributed by atoms with Gasteiger partial charge in [0.15, 0.2) is 0 Å². The lowest BCUT2D eigenvalue weighted by atomic mass is 10.1. The first-order valence-corrected chi connectivity index (χ1v) is 6.36. The summed E-state index contributed by atoms with van der Waals surface area (Å²) in [5.41, 5.74) is 7.48. The molecule has 1 amide bonds. The molecule has 5 nitrogen and oxygen atoms in total. The second kappa shape index (κ2) is 7.11. The normalized spacial score (nSPS) is 12.3. The number of nitrogens with one attached hydrogen (secondary N) is 1. The van der Waals surface area contributed by atoms with Crippen LogP contribution < -0.4 is 15.8 Å². The van der Waals surface area contributed by atoms with Crippen LogP contribution in [-0.4, -0.2) is 38.1 Å². The van der Waals surface area contributed by atoms with Crippen LogP contribution in [0.5, 0.6) is 5.75 Å². The Morgan fingerprint density at radius 1 is 1.47 bits per heavy atom. The van der Waals surface area contributed by atoms with Gasteiger partial charge in [-0.05, 0) is 38.2 Å². The van der Waals surface area contributed by atoms with E-state index in [0.29, 0.717) is 17.9 Å². The van der Waals surface area contributed by atoms with Gasteiger partial charge in [-0.15, -0.1) is 0 Å². The van der Waals surface area contributed by atoms with E-state index in [4.69, 9.17) is 10.5 Å². The predicted octanol–water partition coefficient (Wildman–Crippen LogP) is 1.43. The van der Waals surface area contributed by atoms with E-state index in [-0.39, 0.29) is 5.91 Å². The molecule has 0 aliphatic carbocycles. The molecule has 0 heterocycles. The summed E-state index contributed by atoms with van der Waals surface area (Å²) < 4.78 is 5.25. The molecule has 19 heavy (non-hydrogen) atoms. The van der Waals surface area contributed by atoms with E-state index >= 15 is 0 Å². The fourth-order valence-electron chi connectivity index (χ4n) is 1.73. The van der Waals surface area contributed by atoms with Gasteiger partial charge in [0.2, 0.25) is 5.91 Å². The van der Waals surface area contributed by atoms with Crippen molar-refractivity contribution < 1.29 is 9.53 Å². The number of ether oxygens (including phenoxy) is 1. The molecule has 0 radical (unpaired) electrons. The second-order valence-corrected chi connectivity index (χ2v) is 4.78. The molecule has 106 valence electrons.